The number of carbonyl (C=O) groups excluding carboxylic acids is 1. The number of carboxylic acid groups (broad SMARTS) is 1. The molecule has 0 spiro atoms. The third-order valence-electron chi connectivity index (χ3n) is 2.79. The lowest BCUT2D eigenvalue weighted by Gasteiger charge is -2.09. The topological polar surface area (TPSA) is 86.6 Å². The summed E-state index contributed by atoms with van der Waals surface area (Å²) in [5.74, 6) is -1.71. The highest BCUT2D eigenvalue weighted by Crippen LogP contribution is 2.21. The molecule has 0 aliphatic rings. The number of nitrogens with one attached hydrogen (secondary N) is 1. The molecule has 0 atom stereocenters. The molecule has 1 amide bonds. The van der Waals surface area contributed by atoms with Crippen molar-refractivity contribution >= 4 is 33.5 Å². The van der Waals surface area contributed by atoms with Crippen molar-refractivity contribution in [1.82, 2.24) is 0 Å². The van der Waals surface area contributed by atoms with Gasteiger partial charge < -0.3 is 15.5 Å². The van der Waals surface area contributed by atoms with E-state index in [-0.39, 0.29) is 29.3 Å². The molecule has 0 aliphatic carbocycles. The van der Waals surface area contributed by atoms with Gasteiger partial charge in [0.25, 0.3) is 0 Å². The maximum absolute atomic E-state index is 11.9. The molecule has 0 heterocycles. The van der Waals surface area contributed by atoms with E-state index in [1.165, 1.54) is 12.1 Å². The lowest BCUT2D eigenvalue weighted by Crippen LogP contribution is -2.16. The lowest BCUT2D eigenvalue weighted by atomic mass is 10.1. The molecule has 0 fully saturated rings. The number of carbonyl (C=O) groups is 2. The number of hydrogen-bond acceptors (Lipinski definition) is 3. The molecule has 0 bridgehead atoms. The Morgan fingerprint density at radius 3 is 2.38 bits per heavy atom. The summed E-state index contributed by atoms with van der Waals surface area (Å²) in [5, 5.41) is 20.9. The van der Waals surface area contributed by atoms with Crippen LogP contribution in [0.15, 0.2) is 46.9 Å². The van der Waals surface area contributed by atoms with Crippen LogP contribution in [0.2, 0.25) is 0 Å². The quantitative estimate of drug-likeness (QED) is 0.740. The van der Waals surface area contributed by atoms with Crippen molar-refractivity contribution in [2.24, 2.45) is 0 Å². The van der Waals surface area contributed by atoms with E-state index in [0.717, 1.165) is 16.1 Å². The smallest absolute Gasteiger partial charge is 0.337 e. The standard InChI is InChI=1S/C15H12BrNO4/c16-10-3-1-9(2-4-10)7-14(19)17-13-6-5-11(18)8-12(13)15(20)21/h1-6,8,18H,7H2,(H,17,19)(H,20,21). The zero-order valence-electron chi connectivity index (χ0n) is 10.8. The number of aromatic carboxylic acids is 1. The fourth-order valence-electron chi connectivity index (χ4n) is 1.80. The summed E-state index contributed by atoms with van der Waals surface area (Å²) in [4.78, 5) is 23.0. The summed E-state index contributed by atoms with van der Waals surface area (Å²) in [6.07, 6.45) is 0.132. The highest BCUT2D eigenvalue weighted by molar-refractivity contribution is 9.10. The van der Waals surface area contributed by atoms with Crippen LogP contribution in [-0.4, -0.2) is 22.1 Å². The molecule has 0 unspecified atom stereocenters. The van der Waals surface area contributed by atoms with Crippen molar-refractivity contribution in [2.75, 3.05) is 5.32 Å². The Kier molecular flexibility index (Phi) is 4.59. The third-order valence-corrected chi connectivity index (χ3v) is 3.31. The van der Waals surface area contributed by atoms with Crippen LogP contribution in [0.25, 0.3) is 0 Å². The number of amides is 1. The highest BCUT2D eigenvalue weighted by atomic mass is 79.9. The van der Waals surface area contributed by atoms with Crippen molar-refractivity contribution in [2.45, 2.75) is 6.42 Å². The number of rotatable bonds is 4. The average molecular weight is 350 g/mol. The summed E-state index contributed by atoms with van der Waals surface area (Å²) >= 11 is 3.31. The number of carboxylic acids is 1. The van der Waals surface area contributed by atoms with E-state index in [4.69, 9.17) is 5.11 Å². The Hall–Kier alpha value is -2.34. The van der Waals surface area contributed by atoms with Gasteiger partial charge in [0.05, 0.1) is 17.7 Å². The zero-order valence-corrected chi connectivity index (χ0v) is 12.4. The minimum absolute atomic E-state index is 0.132. The van der Waals surface area contributed by atoms with Gasteiger partial charge in [-0.2, -0.15) is 0 Å². The van der Waals surface area contributed by atoms with E-state index in [0.29, 0.717) is 0 Å². The van der Waals surface area contributed by atoms with Gasteiger partial charge in [-0.05, 0) is 35.9 Å². The van der Waals surface area contributed by atoms with Crippen LogP contribution in [0.4, 0.5) is 5.69 Å². The number of aromatic hydroxyl groups is 1. The summed E-state index contributed by atoms with van der Waals surface area (Å²) in [5.41, 5.74) is 0.813. The molecular weight excluding hydrogens is 338 g/mol. The molecule has 2 aromatic rings. The van der Waals surface area contributed by atoms with Crippen LogP contribution < -0.4 is 5.32 Å². The Morgan fingerprint density at radius 1 is 1.10 bits per heavy atom. The minimum Gasteiger partial charge on any atom is -0.508 e. The van der Waals surface area contributed by atoms with Crippen molar-refractivity contribution in [3.05, 3.63) is 58.1 Å². The van der Waals surface area contributed by atoms with Crippen LogP contribution in [0.5, 0.6) is 5.75 Å². The maximum atomic E-state index is 11.9. The van der Waals surface area contributed by atoms with E-state index in [9.17, 15) is 14.7 Å². The van der Waals surface area contributed by atoms with Gasteiger partial charge in [-0.15, -0.1) is 0 Å². The van der Waals surface area contributed by atoms with Crippen LogP contribution >= 0.6 is 15.9 Å². The molecule has 2 aromatic carbocycles. The number of halogens is 1. The van der Waals surface area contributed by atoms with Gasteiger partial charge in [0, 0.05) is 4.47 Å². The first-order valence-electron chi connectivity index (χ1n) is 6.06. The Morgan fingerprint density at radius 2 is 1.76 bits per heavy atom. The fourth-order valence-corrected chi connectivity index (χ4v) is 2.06. The summed E-state index contributed by atoms with van der Waals surface area (Å²) in [7, 11) is 0. The second-order valence-corrected chi connectivity index (χ2v) is 5.30. The minimum atomic E-state index is -1.22. The van der Waals surface area contributed by atoms with Crippen LogP contribution in [0.3, 0.4) is 0 Å². The van der Waals surface area contributed by atoms with Crippen molar-refractivity contribution in [3.63, 3.8) is 0 Å². The SMILES string of the molecule is O=C(Cc1ccc(Br)cc1)Nc1ccc(O)cc1C(=O)O. The van der Waals surface area contributed by atoms with Crippen molar-refractivity contribution in [1.29, 1.82) is 0 Å². The van der Waals surface area contributed by atoms with E-state index >= 15 is 0 Å². The maximum Gasteiger partial charge on any atom is 0.337 e. The van der Waals surface area contributed by atoms with Crippen LogP contribution in [-0.2, 0) is 11.2 Å². The van der Waals surface area contributed by atoms with Gasteiger partial charge in [-0.25, -0.2) is 4.79 Å². The van der Waals surface area contributed by atoms with Crippen molar-refractivity contribution in [3.8, 4) is 5.75 Å². The monoisotopic (exact) mass is 349 g/mol. The highest BCUT2D eigenvalue weighted by Gasteiger charge is 2.13. The largest absolute Gasteiger partial charge is 0.508 e. The first kappa shape index (κ1) is 15.1. The fraction of sp³-hybridized carbons (Fsp3) is 0.0667. The van der Waals surface area contributed by atoms with E-state index in [2.05, 4.69) is 21.2 Å². The van der Waals surface area contributed by atoms with E-state index < -0.39 is 5.97 Å². The van der Waals surface area contributed by atoms with Gasteiger partial charge in [-0.3, -0.25) is 4.79 Å². The molecule has 6 heteroatoms. The first-order valence-corrected chi connectivity index (χ1v) is 6.85. The van der Waals surface area contributed by atoms with Gasteiger partial charge in [0.1, 0.15) is 5.75 Å². The van der Waals surface area contributed by atoms with Crippen LogP contribution in [0.1, 0.15) is 15.9 Å². The molecule has 0 aliphatic heterocycles. The third kappa shape index (κ3) is 4.06. The Labute approximate surface area is 129 Å². The van der Waals surface area contributed by atoms with Crippen molar-refractivity contribution < 1.29 is 19.8 Å². The van der Waals surface area contributed by atoms with Gasteiger partial charge >= 0.3 is 5.97 Å². The normalized spacial score (nSPS) is 10.1. The molecule has 2 rings (SSSR count). The molecule has 0 aromatic heterocycles. The number of hydrogen-bond donors (Lipinski definition) is 3. The summed E-state index contributed by atoms with van der Waals surface area (Å²) < 4.78 is 0.915. The summed E-state index contributed by atoms with van der Waals surface area (Å²) in [6, 6.07) is 11.0. The Bertz CT molecular complexity index is 683. The number of anilines is 1. The van der Waals surface area contributed by atoms with E-state index in [1.807, 2.05) is 12.1 Å². The number of phenols is 1. The van der Waals surface area contributed by atoms with E-state index in [1.54, 1.807) is 12.1 Å². The molecule has 108 valence electrons. The Balaban J connectivity index is 2.12. The average Bonchev–Trinajstić information content (AvgIpc) is 2.43. The predicted octanol–water partition coefficient (Wildman–Crippen LogP) is 3.03. The van der Waals surface area contributed by atoms with Crippen LogP contribution in [0, 0.1) is 0 Å². The number of phenolic OH excluding ortho intramolecular Hbond substituents is 1. The zero-order chi connectivity index (χ0) is 15.4. The summed E-state index contributed by atoms with van der Waals surface area (Å²) in [6.45, 7) is 0. The molecule has 21 heavy (non-hydrogen) atoms. The lowest BCUT2D eigenvalue weighted by molar-refractivity contribution is -0.115. The second-order valence-electron chi connectivity index (χ2n) is 4.39. The molecule has 0 saturated carbocycles. The predicted molar refractivity (Wildman–Crippen MR) is 81.5 cm³/mol. The van der Waals surface area contributed by atoms with Gasteiger partial charge in [-0.1, -0.05) is 28.1 Å². The molecule has 3 N–H and O–H groups in total. The van der Waals surface area contributed by atoms with Gasteiger partial charge in [0.2, 0.25) is 5.91 Å². The second kappa shape index (κ2) is 6.41. The molecule has 5 nitrogen and oxygen atoms in total. The molecule has 0 radical (unpaired) electrons. The number of benzene rings is 2. The molecule has 0 saturated heterocycles. The molecular formula is C15H12BrNO4. The van der Waals surface area contributed by atoms with Gasteiger partial charge in [0.15, 0.2) is 0 Å². The first-order chi connectivity index (χ1) is 9.95.